The Balaban J connectivity index is 0.690. The minimum Gasteiger partial charge on any atom is -0.388 e. The Kier molecular flexibility index (Phi) is 14.3. The monoisotopic (exact) mass is 1020 g/mol. The van der Waals surface area contributed by atoms with Gasteiger partial charge in [0.2, 0.25) is 5.95 Å². The molecule has 3 fully saturated rings. The molecule has 0 aliphatic carbocycles. The average molecular weight is 1020 g/mol. The zero-order valence-corrected chi connectivity index (χ0v) is 40.0. The summed E-state index contributed by atoms with van der Waals surface area (Å²) in [5.41, 5.74) is 0.574. The fraction of sp³-hybridized carbons (Fsp3) is 0.408. The van der Waals surface area contributed by atoms with Crippen molar-refractivity contribution in [2.24, 2.45) is 0 Å². The molecule has 386 valence electrons. The fourth-order valence-corrected chi connectivity index (χ4v) is 9.14. The number of benzene rings is 1. The lowest BCUT2D eigenvalue weighted by Crippen LogP contribution is -2.58. The van der Waals surface area contributed by atoms with Crippen LogP contribution in [0.5, 0.6) is 0 Å². The maximum Gasteiger partial charge on any atom is 0.434 e. The van der Waals surface area contributed by atoms with Crippen molar-refractivity contribution in [3.8, 4) is 17.3 Å². The van der Waals surface area contributed by atoms with Gasteiger partial charge in [0.15, 0.2) is 11.5 Å². The molecular weight excluding hydrogens is 970 g/mol. The number of hydrogen-bond acceptors (Lipinski definition) is 18. The highest BCUT2D eigenvalue weighted by atomic mass is 19.4. The summed E-state index contributed by atoms with van der Waals surface area (Å²) < 4.78 is 58.8. The van der Waals surface area contributed by atoms with Gasteiger partial charge in [-0.05, 0) is 56.3 Å². The van der Waals surface area contributed by atoms with Crippen LogP contribution >= 0.6 is 0 Å². The fourth-order valence-electron chi connectivity index (χ4n) is 9.14. The molecule has 0 unspecified atom stereocenters. The lowest BCUT2D eigenvalue weighted by atomic mass is 9.97. The molecule has 5 atom stereocenters. The largest absolute Gasteiger partial charge is 0.434 e. The zero-order chi connectivity index (χ0) is 53.2. The number of aromatic nitrogens is 6. The second-order valence-corrected chi connectivity index (χ2v) is 18.4. The van der Waals surface area contributed by atoms with E-state index in [1.165, 1.54) is 18.2 Å². The first-order valence-corrected chi connectivity index (χ1v) is 23.6. The van der Waals surface area contributed by atoms with Gasteiger partial charge in [-0.2, -0.15) is 18.4 Å². The van der Waals surface area contributed by atoms with Gasteiger partial charge < -0.3 is 55.2 Å². The number of nitrogens with zero attached hydrogens (tertiary/aromatic N) is 11. The van der Waals surface area contributed by atoms with E-state index in [9.17, 15) is 47.8 Å². The number of nitriles is 1. The number of rotatable bonds is 16. The van der Waals surface area contributed by atoms with Crippen molar-refractivity contribution in [1.29, 1.82) is 5.26 Å². The number of urea groups is 1. The normalized spacial score (nSPS) is 21.4. The number of alkyl halides is 3. The van der Waals surface area contributed by atoms with Crippen molar-refractivity contribution in [3.63, 3.8) is 0 Å². The topological polar surface area (TPSA) is 277 Å². The molecule has 4 aromatic heterocycles. The third-order valence-corrected chi connectivity index (χ3v) is 13.3. The van der Waals surface area contributed by atoms with Crippen molar-refractivity contribution in [2.45, 2.75) is 62.5 Å². The number of hydrogen-bond donors (Lipinski definition) is 5. The molecular formula is C49H51F3N14O8. The van der Waals surface area contributed by atoms with Crippen molar-refractivity contribution in [1.82, 2.24) is 50.3 Å². The smallest absolute Gasteiger partial charge is 0.388 e. The van der Waals surface area contributed by atoms with Gasteiger partial charge in [0.25, 0.3) is 11.8 Å². The van der Waals surface area contributed by atoms with E-state index in [0.29, 0.717) is 73.1 Å². The van der Waals surface area contributed by atoms with Crippen LogP contribution in [0.3, 0.4) is 0 Å². The molecule has 4 aliphatic rings. The number of Topliss-reactive ketones (excluding diaryl/α,β-unsaturated/α-hetero) is 1. The zero-order valence-electron chi connectivity index (χ0n) is 41.0. The summed E-state index contributed by atoms with van der Waals surface area (Å²) in [4.78, 5) is 85.4. The van der Waals surface area contributed by atoms with Crippen molar-refractivity contribution < 1.29 is 53.4 Å². The lowest BCUT2D eigenvalue weighted by molar-refractivity contribution is -0.141. The third-order valence-electron chi connectivity index (χ3n) is 13.3. The summed E-state index contributed by atoms with van der Waals surface area (Å²) in [5, 5.41) is 38.7. The molecule has 0 radical (unpaired) electrons. The first kappa shape index (κ1) is 49.6. The molecule has 22 nitrogen and oxygen atoms in total. The molecule has 8 heterocycles. The number of amides is 4. The van der Waals surface area contributed by atoms with Crippen LogP contribution in [0.15, 0.2) is 79.5 Å². The molecule has 3 saturated heterocycles. The first-order valence-electron chi connectivity index (χ1n) is 24.1. The number of aliphatic hydroxyl groups excluding tert-OH is 2. The second-order valence-electron chi connectivity index (χ2n) is 18.4. The van der Waals surface area contributed by atoms with E-state index < -0.39 is 53.6 Å². The van der Waals surface area contributed by atoms with Crippen LogP contribution in [-0.2, 0) is 22.2 Å². The average Bonchev–Trinajstić information content (AvgIpc) is 3.81. The number of halogens is 3. The molecule has 5 aromatic rings. The van der Waals surface area contributed by atoms with E-state index in [2.05, 4.69) is 46.9 Å². The SMILES string of the molecule is [2H]c1cc(C(=O)NCCOCCN2C[C@@H]3CN(c4ncc(-c5ccc6c(n5)N(Cc5cccnc5C#N)C(C)(C)C6=O)cn4)CCN3C2=O)ccc1C(=O)NC[C@H]1OC[C@H](Nc2cncc(C(F)(F)F)n2)[C@@H](O)[C@H]1O. The molecule has 5 N–H and O–H groups in total. The van der Waals surface area contributed by atoms with Gasteiger partial charge in [0.05, 0.1) is 62.5 Å². The van der Waals surface area contributed by atoms with Crippen LogP contribution < -0.4 is 25.8 Å². The van der Waals surface area contributed by atoms with Crippen molar-refractivity contribution >= 4 is 41.2 Å². The summed E-state index contributed by atoms with van der Waals surface area (Å²) in [5.74, 6) is -0.578. The van der Waals surface area contributed by atoms with Crippen molar-refractivity contribution in [2.75, 3.05) is 80.8 Å². The predicted octanol–water partition coefficient (Wildman–Crippen LogP) is 2.30. The molecule has 4 aliphatic heterocycles. The predicted molar refractivity (Wildman–Crippen MR) is 257 cm³/mol. The van der Waals surface area contributed by atoms with Gasteiger partial charge in [-0.3, -0.25) is 19.4 Å². The minimum atomic E-state index is -4.74. The number of ketones is 1. The maximum atomic E-state index is 13.5. The maximum absolute atomic E-state index is 13.5. The van der Waals surface area contributed by atoms with Gasteiger partial charge in [0.1, 0.15) is 41.7 Å². The molecule has 0 spiro atoms. The number of fused-ring (bicyclic) bond motifs is 2. The standard InChI is InChI=1S/C49H51F3N14O8/c1-48(2)42(69)33-9-10-34(61-43(33)66(48)24-30-4-3-11-55-35(30)18-53)31-19-58-46(59-20-31)63-13-14-65-32(25-63)26-64(47(65)72)15-17-73-16-12-56-44(70)28-5-7-29(8-6-28)45(71)57-21-37-41(68)40(67)36(27-74-37)60-39-23-54-22-38(62-39)49(50,51)52/h3-11,19-20,22-23,32,36-37,40-41,67-68H,12-17,21,24-27H2,1-2H3,(H,56,70)(H,57,71)(H,60,62)/t32-,36-,37+,40+,41-/m0/s1/i7D. The summed E-state index contributed by atoms with van der Waals surface area (Å²) in [7, 11) is 0. The van der Waals surface area contributed by atoms with Crippen LogP contribution in [-0.4, -0.2) is 175 Å². The molecule has 9 rings (SSSR count). The summed E-state index contributed by atoms with van der Waals surface area (Å²) in [6.45, 7) is 6.18. The highest BCUT2D eigenvalue weighted by molar-refractivity contribution is 6.13. The van der Waals surface area contributed by atoms with Gasteiger partial charge in [-0.15, -0.1) is 0 Å². The Bertz CT molecular complexity index is 3020. The number of nitrogens with one attached hydrogen (secondary N) is 3. The Morgan fingerprint density at radius 1 is 0.959 bits per heavy atom. The highest BCUT2D eigenvalue weighted by Crippen LogP contribution is 2.40. The van der Waals surface area contributed by atoms with Crippen LogP contribution in [0.4, 0.5) is 35.5 Å². The first-order chi connectivity index (χ1) is 35.9. The molecule has 25 heteroatoms. The van der Waals surface area contributed by atoms with E-state index in [-0.39, 0.29) is 86.0 Å². The Morgan fingerprint density at radius 2 is 1.74 bits per heavy atom. The molecule has 0 bridgehead atoms. The van der Waals surface area contributed by atoms with Gasteiger partial charge >= 0.3 is 12.2 Å². The highest BCUT2D eigenvalue weighted by Gasteiger charge is 2.46. The van der Waals surface area contributed by atoms with E-state index in [4.69, 9.17) is 15.8 Å². The summed E-state index contributed by atoms with van der Waals surface area (Å²) in [6, 6.07) is 11.6. The van der Waals surface area contributed by atoms with E-state index in [1.807, 2.05) is 34.6 Å². The number of anilines is 3. The van der Waals surface area contributed by atoms with Crippen LogP contribution in [0.1, 0.15) is 63.2 Å². The minimum absolute atomic E-state index is 0.0743. The second kappa shape index (κ2) is 21.3. The van der Waals surface area contributed by atoms with E-state index >= 15 is 0 Å². The van der Waals surface area contributed by atoms with Gasteiger partial charge in [-0.1, -0.05) is 6.07 Å². The Labute approximate surface area is 423 Å². The Morgan fingerprint density at radius 3 is 2.51 bits per heavy atom. The Hall–Kier alpha value is -7.92. The van der Waals surface area contributed by atoms with Gasteiger partial charge in [0, 0.05) is 93.2 Å². The van der Waals surface area contributed by atoms with E-state index in [1.54, 1.807) is 41.7 Å². The number of pyridine rings is 2. The number of carbonyl (C=O) groups excluding carboxylic acids is 4. The van der Waals surface area contributed by atoms with Crippen LogP contribution in [0.2, 0.25) is 0 Å². The van der Waals surface area contributed by atoms with Crippen LogP contribution in [0, 0.1) is 11.3 Å². The van der Waals surface area contributed by atoms with Gasteiger partial charge in [-0.25, -0.2) is 29.7 Å². The lowest BCUT2D eigenvalue weighted by Gasteiger charge is -2.38. The summed E-state index contributed by atoms with van der Waals surface area (Å²) in [6.07, 6.45) is -2.40. The molecule has 0 saturated carbocycles. The number of aliphatic hydroxyl groups is 2. The number of ether oxygens (including phenoxy) is 2. The third kappa shape index (κ3) is 10.7. The number of piperazine rings is 1. The summed E-state index contributed by atoms with van der Waals surface area (Å²) >= 11 is 0. The molecule has 4 amide bonds. The van der Waals surface area contributed by atoms with Crippen molar-refractivity contribution in [3.05, 3.63) is 113 Å². The molecule has 1 aromatic carbocycles. The number of carbonyl (C=O) groups is 4. The van der Waals surface area contributed by atoms with Crippen LogP contribution in [0.25, 0.3) is 11.3 Å². The van der Waals surface area contributed by atoms with E-state index in [0.717, 1.165) is 6.20 Å². The quantitative estimate of drug-likeness (QED) is 0.0887. The molecule has 74 heavy (non-hydrogen) atoms.